The van der Waals surface area contributed by atoms with Crippen LogP contribution in [0.15, 0.2) is 57.7 Å². The molecule has 0 amide bonds. The lowest BCUT2D eigenvalue weighted by Gasteiger charge is -2.21. The maximum Gasteiger partial charge on any atom is 0.438 e. The van der Waals surface area contributed by atoms with Crippen LogP contribution in [0.2, 0.25) is 0 Å². The standard InChI is InChI=1S/C19H17FN4O2S/c1-12(18-21-15-5-3-4-6-16(15)27-18)23(2)11-24-19(25)26-17(22-24)13-7-9-14(20)10-8-13/h3-10,12H,11H2,1-2H3/t12-/m1/s1. The third-order valence-corrected chi connectivity index (χ3v) is 5.59. The van der Waals surface area contributed by atoms with Crippen molar-refractivity contribution in [1.82, 2.24) is 19.7 Å². The lowest BCUT2D eigenvalue weighted by molar-refractivity contribution is 0.189. The molecule has 0 aliphatic carbocycles. The molecule has 2 aromatic heterocycles. The average molecular weight is 384 g/mol. The first kappa shape index (κ1) is 17.6. The molecular weight excluding hydrogens is 367 g/mol. The van der Waals surface area contributed by atoms with Gasteiger partial charge in [-0.2, -0.15) is 4.68 Å². The molecule has 0 unspecified atom stereocenters. The van der Waals surface area contributed by atoms with Crippen LogP contribution >= 0.6 is 11.3 Å². The zero-order valence-electron chi connectivity index (χ0n) is 14.8. The summed E-state index contributed by atoms with van der Waals surface area (Å²) in [6.07, 6.45) is 0. The molecule has 8 heteroatoms. The second-order valence-corrected chi connectivity index (χ2v) is 7.34. The molecule has 0 bridgehead atoms. The molecule has 0 radical (unpaired) electrons. The van der Waals surface area contributed by atoms with E-state index < -0.39 is 5.76 Å². The molecule has 0 fully saturated rings. The van der Waals surface area contributed by atoms with E-state index in [1.807, 2.05) is 43.1 Å². The molecule has 2 aromatic carbocycles. The van der Waals surface area contributed by atoms with Crippen LogP contribution in [0.1, 0.15) is 18.0 Å². The Balaban J connectivity index is 1.54. The SMILES string of the molecule is C[C@H](c1nc2ccccc2s1)N(C)Cn1nc(-c2ccc(F)cc2)oc1=O. The van der Waals surface area contributed by atoms with E-state index in [1.54, 1.807) is 11.3 Å². The van der Waals surface area contributed by atoms with Gasteiger partial charge in [-0.25, -0.2) is 14.2 Å². The predicted molar refractivity (Wildman–Crippen MR) is 102 cm³/mol. The number of rotatable bonds is 5. The summed E-state index contributed by atoms with van der Waals surface area (Å²) in [5.41, 5.74) is 1.52. The van der Waals surface area contributed by atoms with E-state index in [0.29, 0.717) is 5.56 Å². The van der Waals surface area contributed by atoms with Gasteiger partial charge in [-0.1, -0.05) is 12.1 Å². The highest BCUT2D eigenvalue weighted by atomic mass is 32.1. The van der Waals surface area contributed by atoms with Crippen LogP contribution in [-0.4, -0.2) is 26.7 Å². The number of hydrogen-bond donors (Lipinski definition) is 0. The lowest BCUT2D eigenvalue weighted by Crippen LogP contribution is -2.30. The van der Waals surface area contributed by atoms with Crippen molar-refractivity contribution in [1.29, 1.82) is 0 Å². The number of fused-ring (bicyclic) bond motifs is 1. The highest BCUT2D eigenvalue weighted by molar-refractivity contribution is 7.18. The first-order chi connectivity index (χ1) is 13.0. The van der Waals surface area contributed by atoms with Gasteiger partial charge < -0.3 is 4.42 Å². The monoisotopic (exact) mass is 384 g/mol. The van der Waals surface area contributed by atoms with E-state index in [-0.39, 0.29) is 24.4 Å². The minimum Gasteiger partial charge on any atom is -0.388 e. The fraction of sp³-hybridized carbons (Fsp3) is 0.211. The summed E-state index contributed by atoms with van der Waals surface area (Å²) in [6, 6.07) is 13.6. The van der Waals surface area contributed by atoms with Crippen molar-refractivity contribution < 1.29 is 8.81 Å². The second-order valence-electron chi connectivity index (χ2n) is 6.27. The van der Waals surface area contributed by atoms with Gasteiger partial charge in [0.25, 0.3) is 0 Å². The molecule has 0 spiro atoms. The largest absolute Gasteiger partial charge is 0.438 e. The minimum absolute atomic E-state index is 0.000251. The Hall–Kier alpha value is -2.84. The Morgan fingerprint density at radius 1 is 1.22 bits per heavy atom. The van der Waals surface area contributed by atoms with Crippen molar-refractivity contribution in [2.24, 2.45) is 0 Å². The molecule has 0 aliphatic heterocycles. The van der Waals surface area contributed by atoms with E-state index in [1.165, 1.54) is 28.9 Å². The molecule has 0 aliphatic rings. The maximum absolute atomic E-state index is 13.1. The first-order valence-corrected chi connectivity index (χ1v) is 9.22. The molecule has 27 heavy (non-hydrogen) atoms. The van der Waals surface area contributed by atoms with Crippen LogP contribution in [0, 0.1) is 5.82 Å². The number of aromatic nitrogens is 3. The van der Waals surface area contributed by atoms with Gasteiger partial charge in [0, 0.05) is 5.56 Å². The molecule has 4 aromatic rings. The fourth-order valence-corrected chi connectivity index (χ4v) is 3.78. The third-order valence-electron chi connectivity index (χ3n) is 4.38. The van der Waals surface area contributed by atoms with Gasteiger partial charge in [-0.3, -0.25) is 4.90 Å². The summed E-state index contributed by atoms with van der Waals surface area (Å²) < 4.78 is 20.6. The highest BCUT2D eigenvalue weighted by Crippen LogP contribution is 2.28. The molecule has 4 rings (SSSR count). The number of hydrogen-bond acceptors (Lipinski definition) is 6. The third kappa shape index (κ3) is 3.54. The number of para-hydroxylation sites is 1. The van der Waals surface area contributed by atoms with E-state index >= 15 is 0 Å². The van der Waals surface area contributed by atoms with Gasteiger partial charge in [0.1, 0.15) is 17.5 Å². The number of nitrogens with zero attached hydrogens (tertiary/aromatic N) is 4. The van der Waals surface area contributed by atoms with E-state index in [0.717, 1.165) is 15.2 Å². The summed E-state index contributed by atoms with van der Waals surface area (Å²) in [5.74, 6) is -0.747. The molecule has 0 saturated heterocycles. The summed E-state index contributed by atoms with van der Waals surface area (Å²) in [4.78, 5) is 18.8. The minimum atomic E-state index is -0.558. The molecule has 0 saturated carbocycles. The lowest BCUT2D eigenvalue weighted by atomic mass is 10.2. The van der Waals surface area contributed by atoms with Gasteiger partial charge in [0.15, 0.2) is 0 Å². The molecule has 2 heterocycles. The van der Waals surface area contributed by atoms with Gasteiger partial charge in [-0.15, -0.1) is 16.4 Å². The van der Waals surface area contributed by atoms with E-state index in [9.17, 15) is 9.18 Å². The molecule has 1 atom stereocenters. The van der Waals surface area contributed by atoms with Gasteiger partial charge in [0.05, 0.1) is 16.3 Å². The van der Waals surface area contributed by atoms with Gasteiger partial charge in [0.2, 0.25) is 5.89 Å². The van der Waals surface area contributed by atoms with Crippen LogP contribution in [0.3, 0.4) is 0 Å². The number of benzene rings is 2. The van der Waals surface area contributed by atoms with Crippen molar-refractivity contribution in [3.8, 4) is 11.5 Å². The van der Waals surface area contributed by atoms with E-state index in [2.05, 4.69) is 10.1 Å². The van der Waals surface area contributed by atoms with E-state index in [4.69, 9.17) is 4.42 Å². The van der Waals surface area contributed by atoms with Gasteiger partial charge in [-0.05, 0) is 50.4 Å². The maximum atomic E-state index is 13.1. The fourth-order valence-electron chi connectivity index (χ4n) is 2.70. The van der Waals surface area contributed by atoms with Crippen molar-refractivity contribution in [2.75, 3.05) is 7.05 Å². The Bertz CT molecular complexity index is 1100. The Morgan fingerprint density at radius 3 is 2.70 bits per heavy atom. The highest BCUT2D eigenvalue weighted by Gasteiger charge is 2.19. The van der Waals surface area contributed by atoms with Crippen molar-refractivity contribution in [2.45, 2.75) is 19.6 Å². The Labute approximate surface area is 158 Å². The molecule has 0 N–H and O–H groups in total. The average Bonchev–Trinajstić information content (AvgIpc) is 3.25. The smallest absolute Gasteiger partial charge is 0.388 e. The quantitative estimate of drug-likeness (QED) is 0.522. The van der Waals surface area contributed by atoms with Crippen LogP contribution in [0.5, 0.6) is 0 Å². The van der Waals surface area contributed by atoms with Crippen molar-refractivity contribution >= 4 is 21.6 Å². The normalized spacial score (nSPS) is 12.7. The number of halogens is 1. The first-order valence-electron chi connectivity index (χ1n) is 8.41. The molecular formula is C19H17FN4O2S. The summed E-state index contributed by atoms with van der Waals surface area (Å²) in [5, 5.41) is 5.19. The zero-order chi connectivity index (χ0) is 19.0. The van der Waals surface area contributed by atoms with Crippen LogP contribution in [0.4, 0.5) is 4.39 Å². The topological polar surface area (TPSA) is 64.2 Å². The Morgan fingerprint density at radius 2 is 1.96 bits per heavy atom. The van der Waals surface area contributed by atoms with Crippen molar-refractivity contribution in [3.63, 3.8) is 0 Å². The summed E-state index contributed by atoms with van der Waals surface area (Å²) in [7, 11) is 1.90. The summed E-state index contributed by atoms with van der Waals surface area (Å²) >= 11 is 1.63. The van der Waals surface area contributed by atoms with Crippen LogP contribution < -0.4 is 5.76 Å². The van der Waals surface area contributed by atoms with Crippen LogP contribution in [0.25, 0.3) is 21.7 Å². The Kier molecular flexibility index (Phi) is 4.59. The number of thiazole rings is 1. The molecule has 6 nitrogen and oxygen atoms in total. The summed E-state index contributed by atoms with van der Waals surface area (Å²) in [6.45, 7) is 2.28. The molecule has 138 valence electrons. The van der Waals surface area contributed by atoms with Crippen LogP contribution in [-0.2, 0) is 6.67 Å². The van der Waals surface area contributed by atoms with Crippen molar-refractivity contribution in [3.05, 3.63) is 69.9 Å². The second kappa shape index (κ2) is 7.05. The predicted octanol–water partition coefficient (Wildman–Crippen LogP) is 3.90. The van der Waals surface area contributed by atoms with Gasteiger partial charge >= 0.3 is 5.76 Å². The zero-order valence-corrected chi connectivity index (χ0v) is 15.6.